The third-order valence-electron chi connectivity index (χ3n) is 3.54. The van der Waals surface area contributed by atoms with Gasteiger partial charge < -0.3 is 5.53 Å². The zero-order valence-electron chi connectivity index (χ0n) is 14.2. The molecule has 0 saturated carbocycles. The first-order chi connectivity index (χ1) is 11.9. The first-order valence-corrected chi connectivity index (χ1v) is 7.86. The van der Waals surface area contributed by atoms with Crippen LogP contribution in [0.25, 0.3) is 5.53 Å². The lowest BCUT2D eigenvalue weighted by Gasteiger charge is -2.14. The van der Waals surface area contributed by atoms with E-state index in [1.165, 1.54) is 0 Å². The van der Waals surface area contributed by atoms with E-state index in [9.17, 15) is 9.59 Å². The molecule has 2 aromatic rings. The maximum Gasteiger partial charge on any atom is 0.405 e. The topological polar surface area (TPSA) is 70.5 Å². The molecule has 124 valence electrons. The van der Waals surface area contributed by atoms with E-state index < -0.39 is 22.7 Å². The number of ketones is 2. The lowest BCUT2D eigenvalue weighted by atomic mass is 9.85. The van der Waals surface area contributed by atoms with Gasteiger partial charge >= 0.3 is 5.71 Å². The number of rotatable bonds is 5. The fraction of sp³-hybridized carbons (Fsp3) is 0.190. The number of nitrogens with zero attached hydrogens (tertiary/aromatic N) is 2. The largest absolute Gasteiger partial charge is 0.405 e. The molecule has 0 bridgehead atoms. The van der Waals surface area contributed by atoms with E-state index in [0.29, 0.717) is 5.56 Å². The summed E-state index contributed by atoms with van der Waals surface area (Å²) in [4.78, 5) is 27.7. The fourth-order valence-electron chi connectivity index (χ4n) is 2.25. The number of carbonyl (C=O) groups excluding carboxylic acids is 2. The number of benzene rings is 2. The van der Waals surface area contributed by atoms with Crippen molar-refractivity contribution in [3.05, 3.63) is 77.3 Å². The van der Waals surface area contributed by atoms with Gasteiger partial charge in [0, 0.05) is 23.0 Å². The van der Waals surface area contributed by atoms with E-state index in [0.717, 1.165) is 5.56 Å². The van der Waals surface area contributed by atoms with Crippen LogP contribution in [0, 0.1) is 17.3 Å². The highest BCUT2D eigenvalue weighted by Crippen LogP contribution is 2.20. The van der Waals surface area contributed by atoms with Gasteiger partial charge in [-0.25, -0.2) is 0 Å². The molecule has 0 saturated heterocycles. The summed E-state index contributed by atoms with van der Waals surface area (Å²) in [5.74, 6) is 4.93. The zero-order valence-corrected chi connectivity index (χ0v) is 14.2. The molecule has 0 aliphatic rings. The lowest BCUT2D eigenvalue weighted by Crippen LogP contribution is -2.29. The summed E-state index contributed by atoms with van der Waals surface area (Å²) in [6.45, 7) is 3.62. The number of Topliss-reactive ketones (excluding diaryl/α,β-unsaturated/α-hetero) is 2. The molecular weight excluding hydrogens is 312 g/mol. The summed E-state index contributed by atoms with van der Waals surface area (Å²) >= 11 is 0. The molecule has 0 heterocycles. The van der Waals surface area contributed by atoms with Crippen molar-refractivity contribution in [1.82, 2.24) is 0 Å². The van der Waals surface area contributed by atoms with E-state index in [1.54, 1.807) is 30.3 Å². The molecular formula is C21H18N2O2. The van der Waals surface area contributed by atoms with Gasteiger partial charge in [-0.05, 0) is 26.0 Å². The molecule has 0 radical (unpaired) electrons. The molecule has 4 nitrogen and oxygen atoms in total. The minimum absolute atomic E-state index is 0.0230. The smallest absolute Gasteiger partial charge is 0.360 e. The highest BCUT2D eigenvalue weighted by atomic mass is 16.2. The quantitative estimate of drug-likeness (QED) is 0.210. The third kappa shape index (κ3) is 5.10. The average molecular weight is 330 g/mol. The van der Waals surface area contributed by atoms with Crippen LogP contribution < -0.4 is 0 Å². The predicted octanol–water partition coefficient (Wildman–Crippen LogP) is 3.58. The van der Waals surface area contributed by atoms with Crippen molar-refractivity contribution in [2.24, 2.45) is 5.41 Å². The summed E-state index contributed by atoms with van der Waals surface area (Å²) < 4.78 is 0. The lowest BCUT2D eigenvalue weighted by molar-refractivity contribution is -0.118. The van der Waals surface area contributed by atoms with Crippen LogP contribution in [0.1, 0.15) is 36.2 Å². The average Bonchev–Trinajstić information content (AvgIpc) is 2.62. The predicted molar refractivity (Wildman–Crippen MR) is 96.1 cm³/mol. The van der Waals surface area contributed by atoms with Gasteiger partial charge in [0.15, 0.2) is 0 Å². The molecule has 0 atom stereocenters. The monoisotopic (exact) mass is 330 g/mol. The van der Waals surface area contributed by atoms with Crippen molar-refractivity contribution in [3.8, 4) is 11.8 Å². The van der Waals surface area contributed by atoms with Gasteiger partial charge in [-0.3, -0.25) is 9.59 Å². The Labute approximate surface area is 147 Å². The maximum absolute atomic E-state index is 12.4. The molecule has 25 heavy (non-hydrogen) atoms. The van der Waals surface area contributed by atoms with Crippen LogP contribution in [0.15, 0.2) is 60.7 Å². The summed E-state index contributed by atoms with van der Waals surface area (Å²) in [5.41, 5.74) is 9.15. The Morgan fingerprint density at radius 2 is 1.56 bits per heavy atom. The molecule has 0 amide bonds. The van der Waals surface area contributed by atoms with Crippen LogP contribution >= 0.6 is 0 Å². The molecule has 0 fully saturated rings. The van der Waals surface area contributed by atoms with Gasteiger partial charge in [-0.2, -0.15) is 4.79 Å². The van der Waals surface area contributed by atoms with E-state index in [2.05, 4.69) is 16.6 Å². The highest BCUT2D eigenvalue weighted by molar-refractivity contribution is 6.67. The molecule has 0 spiro atoms. The van der Waals surface area contributed by atoms with Crippen LogP contribution in [0.5, 0.6) is 0 Å². The van der Waals surface area contributed by atoms with Gasteiger partial charge in [-0.1, -0.05) is 60.4 Å². The first kappa shape index (κ1) is 18.1. The normalized spacial score (nSPS) is 10.2. The van der Waals surface area contributed by atoms with Crippen LogP contribution in [-0.4, -0.2) is 22.1 Å². The van der Waals surface area contributed by atoms with Crippen LogP contribution in [-0.2, 0) is 4.79 Å². The second kappa shape index (κ2) is 8.01. The molecule has 0 aromatic heterocycles. The Morgan fingerprint density at radius 3 is 2.12 bits per heavy atom. The standard InChI is InChI=1S/C21H18N2O2/c1-21(2,14-13-16-9-5-3-6-10-16)15-18(24)19(23-22)20(25)17-11-7-4-8-12-17/h3-12H,15H2,1-2H3. The second-order valence-electron chi connectivity index (χ2n) is 6.24. The molecule has 0 unspecified atom stereocenters. The summed E-state index contributed by atoms with van der Waals surface area (Å²) in [6.07, 6.45) is -0.0230. The van der Waals surface area contributed by atoms with Crippen LogP contribution in [0.2, 0.25) is 0 Å². The number of carbonyl (C=O) groups is 2. The summed E-state index contributed by atoms with van der Waals surface area (Å²) in [5, 5.41) is 0. The van der Waals surface area contributed by atoms with Gasteiger partial charge in [0.05, 0.1) is 0 Å². The van der Waals surface area contributed by atoms with Gasteiger partial charge in [0.2, 0.25) is 5.78 Å². The van der Waals surface area contributed by atoms with Gasteiger partial charge in [-0.15, -0.1) is 0 Å². The zero-order chi connectivity index (χ0) is 18.3. The van der Waals surface area contributed by atoms with Crippen LogP contribution in [0.3, 0.4) is 0 Å². The molecule has 0 aliphatic heterocycles. The van der Waals surface area contributed by atoms with Crippen molar-refractivity contribution >= 4 is 17.3 Å². The Bertz CT molecular complexity index is 882. The van der Waals surface area contributed by atoms with Crippen LogP contribution in [0.4, 0.5) is 0 Å². The number of hydrogen-bond donors (Lipinski definition) is 0. The number of hydrogen-bond acceptors (Lipinski definition) is 2. The minimum atomic E-state index is -0.667. The minimum Gasteiger partial charge on any atom is -0.360 e. The Kier molecular flexibility index (Phi) is 5.79. The van der Waals surface area contributed by atoms with Crippen molar-refractivity contribution in [2.75, 3.05) is 0 Å². The van der Waals surface area contributed by atoms with Crippen molar-refractivity contribution in [3.63, 3.8) is 0 Å². The molecule has 4 heteroatoms. The van der Waals surface area contributed by atoms with E-state index in [4.69, 9.17) is 5.53 Å². The SMILES string of the molecule is CC(C)(C#Cc1ccccc1)CC(=O)C(=[N+]=[N-])C(=O)c1ccccc1. The van der Waals surface area contributed by atoms with Crippen molar-refractivity contribution in [2.45, 2.75) is 20.3 Å². The van der Waals surface area contributed by atoms with E-state index >= 15 is 0 Å². The van der Waals surface area contributed by atoms with E-state index in [-0.39, 0.29) is 6.42 Å². The Hall–Kier alpha value is -3.28. The Morgan fingerprint density at radius 1 is 1.00 bits per heavy atom. The third-order valence-corrected chi connectivity index (χ3v) is 3.54. The molecule has 0 N–H and O–H groups in total. The van der Waals surface area contributed by atoms with Gasteiger partial charge in [0.25, 0.3) is 5.78 Å². The summed E-state index contributed by atoms with van der Waals surface area (Å²) in [7, 11) is 0. The molecule has 2 aromatic carbocycles. The molecule has 0 aliphatic carbocycles. The first-order valence-electron chi connectivity index (χ1n) is 7.86. The maximum atomic E-state index is 12.4. The van der Waals surface area contributed by atoms with Crippen molar-refractivity contribution < 1.29 is 14.4 Å². The summed E-state index contributed by atoms with van der Waals surface area (Å²) in [6, 6.07) is 17.7. The molecule has 2 rings (SSSR count). The highest BCUT2D eigenvalue weighted by Gasteiger charge is 2.34. The fourth-order valence-corrected chi connectivity index (χ4v) is 2.25. The second-order valence-corrected chi connectivity index (χ2v) is 6.24. The van der Waals surface area contributed by atoms with E-state index in [1.807, 2.05) is 44.2 Å². The van der Waals surface area contributed by atoms with Gasteiger partial charge in [0.1, 0.15) is 0 Å². The Balaban J connectivity index is 2.15. The van der Waals surface area contributed by atoms with Crippen molar-refractivity contribution in [1.29, 1.82) is 0 Å².